The number of nitrogens with one attached hydrogen (secondary N) is 2. The number of pyridine rings is 1. The zero-order chi connectivity index (χ0) is 23.3. The number of anilines is 3. The molecule has 0 bridgehead atoms. The van der Waals surface area contributed by atoms with E-state index in [0.29, 0.717) is 23.9 Å². The Morgan fingerprint density at radius 3 is 2.53 bits per heavy atom. The third kappa shape index (κ3) is 6.14. The van der Waals surface area contributed by atoms with Gasteiger partial charge in [0.05, 0.1) is 36.1 Å². The quantitative estimate of drug-likeness (QED) is 0.496. The SMILES string of the molecule is CC(=O)Nc1cc(Nc2ccnc(C(C)(F)F)n2)c(-c2cnc(COC(F)F)cn2)cn1. The number of rotatable bonds is 8. The molecule has 3 heterocycles. The first-order valence-corrected chi connectivity index (χ1v) is 9.09. The van der Waals surface area contributed by atoms with Gasteiger partial charge in [0.1, 0.15) is 11.6 Å². The van der Waals surface area contributed by atoms with Gasteiger partial charge in [-0.1, -0.05) is 0 Å². The fourth-order valence-corrected chi connectivity index (χ4v) is 2.51. The van der Waals surface area contributed by atoms with Gasteiger partial charge in [0.2, 0.25) is 11.7 Å². The zero-order valence-corrected chi connectivity index (χ0v) is 16.8. The van der Waals surface area contributed by atoms with E-state index in [0.717, 1.165) is 0 Å². The Balaban J connectivity index is 1.95. The van der Waals surface area contributed by atoms with Crippen molar-refractivity contribution in [2.24, 2.45) is 0 Å². The zero-order valence-electron chi connectivity index (χ0n) is 16.8. The van der Waals surface area contributed by atoms with E-state index in [1.807, 2.05) is 0 Å². The summed E-state index contributed by atoms with van der Waals surface area (Å²) in [5, 5.41) is 5.40. The molecule has 0 unspecified atom stereocenters. The monoisotopic (exact) mass is 451 g/mol. The van der Waals surface area contributed by atoms with Gasteiger partial charge >= 0.3 is 12.5 Å². The lowest BCUT2D eigenvalue weighted by Gasteiger charge is -2.14. The predicted molar refractivity (Wildman–Crippen MR) is 105 cm³/mol. The molecule has 1 amide bonds. The van der Waals surface area contributed by atoms with Crippen molar-refractivity contribution >= 4 is 23.2 Å². The number of carbonyl (C=O) groups is 1. The molecule has 3 aromatic rings. The summed E-state index contributed by atoms with van der Waals surface area (Å²) in [6.45, 7) is -1.39. The van der Waals surface area contributed by atoms with Gasteiger partial charge in [0, 0.05) is 37.9 Å². The van der Waals surface area contributed by atoms with Gasteiger partial charge in [-0.05, 0) is 6.07 Å². The third-order valence-corrected chi connectivity index (χ3v) is 3.86. The summed E-state index contributed by atoms with van der Waals surface area (Å²) >= 11 is 0. The van der Waals surface area contributed by atoms with Gasteiger partial charge < -0.3 is 15.4 Å². The average molecular weight is 451 g/mol. The minimum absolute atomic E-state index is 0.0627. The topological polar surface area (TPSA) is 115 Å². The van der Waals surface area contributed by atoms with Gasteiger partial charge in [0.15, 0.2) is 0 Å². The molecular formula is C19H17F4N7O2. The number of nitrogens with zero attached hydrogens (tertiary/aromatic N) is 5. The molecular weight excluding hydrogens is 434 g/mol. The molecule has 0 aliphatic heterocycles. The second-order valence-corrected chi connectivity index (χ2v) is 6.54. The second-order valence-electron chi connectivity index (χ2n) is 6.54. The van der Waals surface area contributed by atoms with E-state index in [-0.39, 0.29) is 23.2 Å². The molecule has 0 saturated heterocycles. The smallest absolute Gasteiger partial charge is 0.339 e. The van der Waals surface area contributed by atoms with Crippen LogP contribution in [0.15, 0.2) is 36.9 Å². The molecule has 13 heteroatoms. The molecule has 9 nitrogen and oxygen atoms in total. The maximum Gasteiger partial charge on any atom is 0.345 e. The molecule has 168 valence electrons. The van der Waals surface area contributed by atoms with E-state index in [9.17, 15) is 22.4 Å². The van der Waals surface area contributed by atoms with E-state index >= 15 is 0 Å². The van der Waals surface area contributed by atoms with Crippen LogP contribution in [0.2, 0.25) is 0 Å². The van der Waals surface area contributed by atoms with Crippen LogP contribution in [-0.2, 0) is 22.1 Å². The number of amides is 1. The van der Waals surface area contributed by atoms with Crippen LogP contribution in [-0.4, -0.2) is 37.4 Å². The van der Waals surface area contributed by atoms with Crippen LogP contribution < -0.4 is 10.6 Å². The summed E-state index contributed by atoms with van der Waals surface area (Å²) in [5.74, 6) is -4.04. The molecule has 2 N–H and O–H groups in total. The number of alkyl halides is 4. The van der Waals surface area contributed by atoms with Gasteiger partial charge in [-0.3, -0.25) is 14.8 Å². The van der Waals surface area contributed by atoms with Gasteiger partial charge in [-0.2, -0.15) is 17.6 Å². The summed E-state index contributed by atoms with van der Waals surface area (Å²) in [7, 11) is 0. The number of carbonyl (C=O) groups excluding carboxylic acids is 1. The third-order valence-electron chi connectivity index (χ3n) is 3.86. The second kappa shape index (κ2) is 9.60. The van der Waals surface area contributed by atoms with E-state index in [2.05, 4.69) is 40.3 Å². The van der Waals surface area contributed by atoms with Crippen molar-refractivity contribution < 1.29 is 27.1 Å². The molecule has 3 rings (SSSR count). The van der Waals surface area contributed by atoms with E-state index in [1.54, 1.807) is 0 Å². The maximum absolute atomic E-state index is 13.6. The standard InChI is InChI=1S/C19H17F4N7O2/c1-10(31)28-16-5-13(29-15-3-4-24-17(30-15)19(2,22)23)12(7-27-16)14-8-25-11(6-26-14)9-32-18(20)21/h3-8,18H,9H2,1-2H3,(H2,24,27,28,29,30,31). The molecule has 0 fully saturated rings. The first kappa shape index (κ1) is 22.9. The Morgan fingerprint density at radius 2 is 1.91 bits per heavy atom. The summed E-state index contributed by atoms with van der Waals surface area (Å²) in [6.07, 6.45) is 5.12. The van der Waals surface area contributed by atoms with Crippen molar-refractivity contribution in [2.75, 3.05) is 10.6 Å². The van der Waals surface area contributed by atoms with E-state index < -0.39 is 25.0 Å². The van der Waals surface area contributed by atoms with Crippen molar-refractivity contribution in [3.05, 3.63) is 48.4 Å². The highest BCUT2D eigenvalue weighted by Gasteiger charge is 2.28. The number of hydrogen-bond acceptors (Lipinski definition) is 8. The van der Waals surface area contributed by atoms with Crippen molar-refractivity contribution in [3.8, 4) is 11.3 Å². The van der Waals surface area contributed by atoms with E-state index in [1.165, 1.54) is 43.8 Å². The van der Waals surface area contributed by atoms with Gasteiger partial charge in [-0.15, -0.1) is 0 Å². The first-order chi connectivity index (χ1) is 15.1. The van der Waals surface area contributed by atoms with Crippen LogP contribution in [0, 0.1) is 0 Å². The highest BCUT2D eigenvalue weighted by Crippen LogP contribution is 2.31. The highest BCUT2D eigenvalue weighted by atomic mass is 19.3. The fraction of sp³-hybridized carbons (Fsp3) is 0.263. The highest BCUT2D eigenvalue weighted by molar-refractivity contribution is 5.89. The predicted octanol–water partition coefficient (Wildman–Crippen LogP) is 3.88. The van der Waals surface area contributed by atoms with Crippen molar-refractivity contribution in [3.63, 3.8) is 0 Å². The van der Waals surface area contributed by atoms with Crippen molar-refractivity contribution in [2.45, 2.75) is 33.0 Å². The fourth-order valence-electron chi connectivity index (χ4n) is 2.51. The lowest BCUT2D eigenvalue weighted by molar-refractivity contribution is -0.138. The van der Waals surface area contributed by atoms with Gasteiger partial charge in [-0.25, -0.2) is 15.0 Å². The van der Waals surface area contributed by atoms with Crippen LogP contribution in [0.1, 0.15) is 25.4 Å². The minimum atomic E-state index is -3.25. The number of aromatic nitrogens is 5. The number of halogens is 4. The Kier molecular flexibility index (Phi) is 6.88. The van der Waals surface area contributed by atoms with E-state index in [4.69, 9.17) is 0 Å². The van der Waals surface area contributed by atoms with Crippen molar-refractivity contribution in [1.29, 1.82) is 0 Å². The molecule has 0 atom stereocenters. The van der Waals surface area contributed by atoms with Crippen LogP contribution in [0.3, 0.4) is 0 Å². The molecule has 0 spiro atoms. The number of hydrogen-bond donors (Lipinski definition) is 2. The van der Waals surface area contributed by atoms with Crippen LogP contribution >= 0.6 is 0 Å². The van der Waals surface area contributed by atoms with Gasteiger partial charge in [0.25, 0.3) is 0 Å². The molecule has 0 aliphatic carbocycles. The molecule has 0 radical (unpaired) electrons. The minimum Gasteiger partial charge on any atom is -0.339 e. The Morgan fingerprint density at radius 1 is 1.12 bits per heavy atom. The molecule has 0 saturated carbocycles. The lowest BCUT2D eigenvalue weighted by Crippen LogP contribution is -2.13. The van der Waals surface area contributed by atoms with Crippen LogP contribution in [0.5, 0.6) is 0 Å². The maximum atomic E-state index is 13.6. The molecule has 0 aromatic carbocycles. The van der Waals surface area contributed by atoms with Crippen LogP contribution in [0.4, 0.5) is 34.9 Å². The molecule has 0 aliphatic rings. The lowest BCUT2D eigenvalue weighted by atomic mass is 10.1. The summed E-state index contributed by atoms with van der Waals surface area (Å²) < 4.78 is 55.7. The number of ether oxygens (including phenoxy) is 1. The molecule has 3 aromatic heterocycles. The Hall–Kier alpha value is -3.74. The summed E-state index contributed by atoms with van der Waals surface area (Å²) in [5.41, 5.74) is 1.18. The van der Waals surface area contributed by atoms with Crippen LogP contribution in [0.25, 0.3) is 11.3 Å². The van der Waals surface area contributed by atoms with Crippen molar-refractivity contribution in [1.82, 2.24) is 24.9 Å². The summed E-state index contributed by atoms with van der Waals surface area (Å²) in [6, 6.07) is 2.84. The molecule has 32 heavy (non-hydrogen) atoms. The largest absolute Gasteiger partial charge is 0.345 e. The average Bonchev–Trinajstić information content (AvgIpc) is 2.72. The Bertz CT molecular complexity index is 1090. The first-order valence-electron chi connectivity index (χ1n) is 9.09. The normalized spacial score (nSPS) is 11.5. The Labute approximate surface area is 179 Å². The summed E-state index contributed by atoms with van der Waals surface area (Å²) in [4.78, 5) is 31.1.